The maximum absolute atomic E-state index is 15.1. The molecule has 42 heteroatoms. The molecule has 5 heterocycles. The van der Waals surface area contributed by atoms with Gasteiger partial charge in [0.15, 0.2) is 16.9 Å². The molecule has 1 unspecified atom stereocenters. The maximum atomic E-state index is 15.1. The van der Waals surface area contributed by atoms with Crippen molar-refractivity contribution in [1.82, 2.24) is 70.9 Å². The van der Waals surface area contributed by atoms with E-state index in [1.54, 1.807) is 89.9 Å². The van der Waals surface area contributed by atoms with Gasteiger partial charge in [0.2, 0.25) is 41.8 Å². The number of carboxylic acids is 1. The van der Waals surface area contributed by atoms with Crippen LogP contribution in [0.1, 0.15) is 139 Å². The van der Waals surface area contributed by atoms with E-state index in [0.717, 1.165) is 17.0 Å². The number of nitrogens with two attached hydrogens (primary N) is 1. The predicted octanol–water partition coefficient (Wildman–Crippen LogP) is 2.09. The number of benzene rings is 3. The molecule has 8 rings (SSSR count). The molecule has 0 bridgehead atoms. The highest BCUT2D eigenvalue weighted by atomic mass is 16.7. The second kappa shape index (κ2) is 47.9. The lowest BCUT2D eigenvalue weighted by molar-refractivity contribution is -0.387. The Bertz CT molecular complexity index is 4610. The van der Waals surface area contributed by atoms with Gasteiger partial charge in [-0.25, -0.2) is 24.2 Å². The first-order valence-electron chi connectivity index (χ1n) is 41.5. The van der Waals surface area contributed by atoms with Gasteiger partial charge in [0.05, 0.1) is 131 Å². The number of aromatic nitrogens is 7. The molecule has 0 saturated carbocycles. The van der Waals surface area contributed by atoms with Crippen LogP contribution in [0.2, 0.25) is 0 Å². The number of anilines is 2. The van der Waals surface area contributed by atoms with E-state index >= 15 is 4.79 Å². The normalized spacial score (nSPS) is 19.1. The van der Waals surface area contributed by atoms with Crippen LogP contribution in [0.3, 0.4) is 0 Å². The first-order valence-corrected chi connectivity index (χ1v) is 41.5. The molecule has 2 fully saturated rings. The number of carbonyl (C=O) groups excluding carboxylic acids is 7. The number of H-pyrrole nitrogens is 1. The molecule has 2 aliphatic heterocycles. The Balaban J connectivity index is 0.828. The molecule has 3 aromatic heterocycles. The number of nitro groups is 1. The van der Waals surface area contributed by atoms with Gasteiger partial charge >= 0.3 is 17.7 Å². The van der Waals surface area contributed by atoms with E-state index in [1.807, 2.05) is 19.9 Å². The fraction of sp³-hybridized carbons (Fsp3) is 0.590. The largest absolute Gasteiger partial charge is 0.480 e. The highest BCUT2D eigenvalue weighted by Gasteiger charge is 2.47. The van der Waals surface area contributed by atoms with Crippen LogP contribution in [0.4, 0.5) is 22.1 Å². The van der Waals surface area contributed by atoms with E-state index in [2.05, 4.69) is 56.8 Å². The molecular weight excluding hydrogens is 1640 g/mol. The average molecular weight is 1750 g/mol. The van der Waals surface area contributed by atoms with E-state index in [-0.39, 0.29) is 137 Å². The van der Waals surface area contributed by atoms with Crippen LogP contribution >= 0.6 is 0 Å². The Labute approximate surface area is 722 Å². The number of aliphatic hydroxyl groups is 5. The van der Waals surface area contributed by atoms with Gasteiger partial charge in [0.25, 0.3) is 11.5 Å². The van der Waals surface area contributed by atoms with Crippen LogP contribution in [0.25, 0.3) is 11.2 Å². The Morgan fingerprint density at radius 1 is 0.808 bits per heavy atom. The smallest absolute Gasteiger partial charge is 0.410 e. The molecular formula is C83H119N17O25. The van der Waals surface area contributed by atoms with Crippen LogP contribution in [-0.2, 0) is 81.4 Å². The number of ether oxygens (including phenoxy) is 8. The van der Waals surface area contributed by atoms with Crippen LogP contribution in [0, 0.1) is 33.8 Å². The number of hydrogen-bond acceptors (Lipinski definition) is 31. The zero-order valence-corrected chi connectivity index (χ0v) is 72.3. The van der Waals surface area contributed by atoms with Gasteiger partial charge in [-0.3, -0.25) is 53.6 Å². The number of nitrogens with zero attached hydrogens (tertiary/aromatic N) is 10. The van der Waals surface area contributed by atoms with Crippen molar-refractivity contribution in [2.24, 2.45) is 23.7 Å². The standard InChI is InChI=1S/C83H119N17O25/c1-13-47(6)68(61(118-11)40-64(103)99-30-17-20-57(99)73(119-12)48(7)75(108)88-49(8)69(104)50-18-15-14-16-19-50)96(9)79(112)65(45(2)3)91-78(111)67(46(4)5)97(10)83(115)125-60(52-23-27-59(58(38-52)100(116)117)123-81-72(107)71(106)70(105)62(44-101)124-81)39-54-43-98(95-94-54)31-33-121-35-37-122-36-34-120-32-29-85-63(102)28-26-56(80(113)114)90-76(109)51-21-24-53(25-22-51)86-41-55-42-87-74-66(89-55)77(110)93-82(84)92-74/h14-16,18-19,21-25,27,38,42-43,45-49,56-57,60-62,65,67-73,81,86,101,104-107H,13,17,20,26,28-37,39-41,44H2,1-12H3,(H,85,102)(H,88,108)(H,90,109)(H,91,111)(H,113,114)(H3,84,87,92,93,110)/t47-,48+,49+,56-,57-,60?,61+,62+,65-,67-,68-,69+,70-,71-,72+,73+,81+/m0/s1. The zero-order chi connectivity index (χ0) is 91.5. The second-order valence-electron chi connectivity index (χ2n) is 31.6. The van der Waals surface area contributed by atoms with E-state index in [0.29, 0.717) is 42.8 Å². The summed E-state index contributed by atoms with van der Waals surface area (Å²) in [5.74, 6) is -7.16. The van der Waals surface area contributed by atoms with E-state index in [4.69, 9.17) is 43.6 Å². The number of nitrogens with one attached hydrogen (secondary N) is 6. The number of nitrogen functional groups attached to an aromatic ring is 1. The van der Waals surface area contributed by atoms with Gasteiger partial charge in [-0.15, -0.1) is 5.10 Å². The number of amides is 7. The van der Waals surface area contributed by atoms with Crippen molar-refractivity contribution >= 4 is 76.0 Å². The third-order valence-corrected chi connectivity index (χ3v) is 22.1. The average Bonchev–Trinajstić information content (AvgIpc) is 1.77. The minimum Gasteiger partial charge on any atom is -0.480 e. The SMILES string of the molecule is CC[C@H](C)[C@@H]([C@@H](CC(=O)N1CCC[C@H]1[C@H](OC)[C@@H](C)C(=O)N[C@H](C)[C@@H](O)c1ccccc1)OC)N(C)C(=O)[C@@H](NC(=O)[C@H](C(C)C)N(C)C(=O)OC(Cc1cn(CCOCCOCCOCCNC(=O)CC[C@H](NC(=O)c2ccc(NCc3cnc4nc(N)[nH]c(=O)c4n3)cc2)C(=O)O)nn1)c1ccc(O[C@@H]2O[C@H](CO)[C@H](O)[C@H](O)[C@H]2O)c([N+](=O)[O-])c1)C(C)C. The monoisotopic (exact) mass is 1750 g/mol. The quantitative estimate of drug-likeness (QED) is 0.0148. The lowest BCUT2D eigenvalue weighted by Gasteiger charge is -2.41. The molecule has 125 heavy (non-hydrogen) atoms. The fourth-order valence-electron chi connectivity index (χ4n) is 14.9. The number of carboxylic acid groups (broad SMARTS) is 1. The van der Waals surface area contributed by atoms with Crippen molar-refractivity contribution < 1.29 is 112 Å². The highest BCUT2D eigenvalue weighted by molar-refractivity contribution is 5.97. The number of hydrogen-bond donors (Lipinski definition) is 13. The Morgan fingerprint density at radius 2 is 1.50 bits per heavy atom. The zero-order valence-electron chi connectivity index (χ0n) is 72.3. The summed E-state index contributed by atoms with van der Waals surface area (Å²) in [6, 6.07) is 12.8. The van der Waals surface area contributed by atoms with Crippen molar-refractivity contribution in [1.29, 1.82) is 0 Å². The number of carbonyl (C=O) groups is 8. The number of nitro benzene ring substituents is 1. The first-order chi connectivity index (χ1) is 59.6. The number of aliphatic hydroxyl groups excluding tert-OH is 5. The lowest BCUT2D eigenvalue weighted by atomic mass is 9.89. The third-order valence-electron chi connectivity index (χ3n) is 22.1. The number of rotatable bonds is 49. The molecule has 2 saturated heterocycles. The maximum Gasteiger partial charge on any atom is 0.410 e. The van der Waals surface area contributed by atoms with Crippen LogP contribution in [0.5, 0.6) is 5.75 Å². The highest BCUT2D eigenvalue weighted by Crippen LogP contribution is 2.37. The van der Waals surface area contributed by atoms with E-state index in [9.17, 15) is 79.1 Å². The topological polar surface area (TPSA) is 573 Å². The number of likely N-dealkylation sites (tertiary alicyclic amines) is 1. The van der Waals surface area contributed by atoms with Crippen molar-refractivity contribution in [3.05, 3.63) is 134 Å². The summed E-state index contributed by atoms with van der Waals surface area (Å²) in [6.45, 7) is 15.0. The minimum absolute atomic E-state index is 0.00118. The van der Waals surface area contributed by atoms with Crippen LogP contribution in [-0.4, -0.2) is 300 Å². The van der Waals surface area contributed by atoms with Crippen molar-refractivity contribution in [2.75, 3.05) is 98.7 Å². The summed E-state index contributed by atoms with van der Waals surface area (Å²) in [4.78, 5) is 154. The molecule has 686 valence electrons. The Morgan fingerprint density at radius 3 is 2.14 bits per heavy atom. The summed E-state index contributed by atoms with van der Waals surface area (Å²) in [7, 11) is 5.84. The third kappa shape index (κ3) is 27.5. The molecule has 42 nitrogen and oxygen atoms in total. The number of fused-ring (bicyclic) bond motifs is 1. The van der Waals surface area contributed by atoms with Gasteiger partial charge in [0.1, 0.15) is 48.6 Å². The van der Waals surface area contributed by atoms with Crippen LogP contribution < -0.4 is 42.6 Å². The lowest BCUT2D eigenvalue weighted by Crippen LogP contribution is -2.60. The molecule has 2 aliphatic rings. The molecule has 7 amide bonds. The van der Waals surface area contributed by atoms with Gasteiger partial charge in [-0.2, -0.15) is 4.98 Å². The van der Waals surface area contributed by atoms with E-state index in [1.165, 1.54) is 61.4 Å². The van der Waals surface area contributed by atoms with E-state index < -0.39 is 173 Å². The number of likely N-dealkylation sites (N-methyl/N-ethyl adjacent to an activating group) is 2. The fourth-order valence-corrected chi connectivity index (χ4v) is 14.9. The van der Waals surface area contributed by atoms with Crippen molar-refractivity contribution in [3.8, 4) is 5.75 Å². The van der Waals surface area contributed by atoms with Gasteiger partial charge in [-0.1, -0.05) is 96.5 Å². The summed E-state index contributed by atoms with van der Waals surface area (Å²) in [6.07, 6.45) is -10.1. The molecule has 6 aromatic rings. The molecule has 0 spiro atoms. The van der Waals surface area contributed by atoms with Crippen molar-refractivity contribution in [2.45, 2.75) is 205 Å². The summed E-state index contributed by atoms with van der Waals surface area (Å²) < 4.78 is 47.9. The van der Waals surface area contributed by atoms with Crippen molar-refractivity contribution in [3.63, 3.8) is 0 Å². The number of aromatic amines is 1. The molecule has 17 atom stereocenters. The number of aliphatic carboxylic acids is 1. The summed E-state index contributed by atoms with van der Waals surface area (Å²) in [5, 5.41) is 97.8. The van der Waals surface area contributed by atoms with Gasteiger partial charge < -0.3 is 111 Å². The first kappa shape index (κ1) is 99.4. The number of methoxy groups -OCH3 is 2. The summed E-state index contributed by atoms with van der Waals surface area (Å²) in [5.41, 5.74) is 6.44. The predicted molar refractivity (Wildman–Crippen MR) is 448 cm³/mol. The van der Waals surface area contributed by atoms with Gasteiger partial charge in [0, 0.05) is 77.8 Å². The Hall–Kier alpha value is -11.1. The Kier molecular flexibility index (Phi) is 38.1. The second-order valence-corrected chi connectivity index (χ2v) is 31.6. The van der Waals surface area contributed by atoms with Crippen LogP contribution in [0.15, 0.2) is 90.0 Å². The molecule has 14 N–H and O–H groups in total. The van der Waals surface area contributed by atoms with Gasteiger partial charge in [-0.05, 0) is 85.4 Å². The molecule has 0 aliphatic carbocycles. The molecule has 0 radical (unpaired) electrons. The summed E-state index contributed by atoms with van der Waals surface area (Å²) >= 11 is 0. The molecule has 3 aromatic carbocycles. The minimum atomic E-state index is -1.94.